The molecule has 2 heterocycles. The van der Waals surface area contributed by atoms with Crippen molar-refractivity contribution in [1.82, 2.24) is 15.3 Å². The Labute approximate surface area is 218 Å². The number of carbonyl (C=O) groups is 3. The van der Waals surface area contributed by atoms with Crippen LogP contribution in [-0.4, -0.2) is 93.9 Å². The maximum absolute atomic E-state index is 12.3. The van der Waals surface area contributed by atoms with Gasteiger partial charge in [0.2, 0.25) is 5.95 Å². The van der Waals surface area contributed by atoms with Gasteiger partial charge in [-0.05, 0) is 37.1 Å². The summed E-state index contributed by atoms with van der Waals surface area (Å²) in [5, 5.41) is 31.3. The van der Waals surface area contributed by atoms with Crippen molar-refractivity contribution in [3.63, 3.8) is 0 Å². The number of nitrogens with two attached hydrogens (primary N) is 1. The molecular formula is C20H25CaN7O6. The second-order valence-electron chi connectivity index (χ2n) is 7.13. The Kier molecular flexibility index (Phi) is 10.4. The zero-order chi connectivity index (χ0) is 25.3. The van der Waals surface area contributed by atoms with E-state index in [0.717, 1.165) is 0 Å². The number of H-pyrrole nitrogens is 1. The van der Waals surface area contributed by atoms with Crippen molar-refractivity contribution >= 4 is 76.8 Å². The summed E-state index contributed by atoms with van der Waals surface area (Å²) in [6.07, 6.45) is -0.760. The molecule has 0 radical (unpaired) electrons. The summed E-state index contributed by atoms with van der Waals surface area (Å²) in [5.41, 5.74) is 6.37. The molecule has 34 heavy (non-hydrogen) atoms. The van der Waals surface area contributed by atoms with Crippen molar-refractivity contribution in [2.45, 2.75) is 27.9 Å². The van der Waals surface area contributed by atoms with Crippen molar-refractivity contribution in [3.05, 3.63) is 40.2 Å². The molecule has 1 aliphatic heterocycles. The number of aromatic amines is 1. The van der Waals surface area contributed by atoms with Crippen LogP contribution in [0.5, 0.6) is 0 Å². The average Bonchev–Trinajstić information content (AvgIpc) is 2.81. The first kappa shape index (κ1) is 27.2. The predicted octanol–water partition coefficient (Wildman–Crippen LogP) is -1.41. The molecule has 0 saturated heterocycles. The van der Waals surface area contributed by atoms with Crippen LogP contribution in [0.3, 0.4) is 0 Å². The number of aromatic nitrogens is 2. The van der Waals surface area contributed by atoms with Gasteiger partial charge < -0.3 is 42.0 Å². The molecule has 178 valence electrons. The molecule has 2 unspecified atom stereocenters. The minimum atomic E-state index is -1.39. The molecule has 1 aromatic heterocycles. The van der Waals surface area contributed by atoms with E-state index in [1.54, 1.807) is 12.1 Å². The topological polar surface area (TPSA) is 214 Å². The molecule has 1 aromatic carbocycles. The molecule has 0 fully saturated rings. The number of fused-ring (bicyclic) bond motifs is 1. The number of carboxylic acids is 2. The van der Waals surface area contributed by atoms with E-state index < -0.39 is 30.3 Å². The number of hydrogen-bond donors (Lipinski definition) is 7. The molecule has 0 saturated carbocycles. The number of benzene rings is 1. The third-order valence-corrected chi connectivity index (χ3v) is 4.74. The van der Waals surface area contributed by atoms with E-state index in [-0.39, 0.29) is 29.5 Å². The molecule has 2 atom stereocenters. The third kappa shape index (κ3) is 7.78. The third-order valence-electron chi connectivity index (χ3n) is 4.74. The van der Waals surface area contributed by atoms with Gasteiger partial charge in [0, 0.05) is 30.3 Å². The minimum absolute atomic E-state index is 0.0253. The zero-order valence-corrected chi connectivity index (χ0v) is 20.7. The number of aliphatic carboxylic acids is 2. The predicted molar refractivity (Wildman–Crippen MR) is 125 cm³/mol. The van der Waals surface area contributed by atoms with Crippen LogP contribution in [0.15, 0.2) is 29.1 Å². The van der Waals surface area contributed by atoms with E-state index in [9.17, 15) is 24.3 Å². The Morgan fingerprint density at radius 3 is 2.59 bits per heavy atom. The van der Waals surface area contributed by atoms with Crippen LogP contribution in [-0.2, 0) is 9.59 Å². The van der Waals surface area contributed by atoms with Gasteiger partial charge in [0.15, 0.2) is 5.82 Å². The second-order valence-corrected chi connectivity index (χ2v) is 7.13. The summed E-state index contributed by atoms with van der Waals surface area (Å²) in [6.45, 7) is 0.949. The van der Waals surface area contributed by atoms with Crippen molar-refractivity contribution in [2.75, 3.05) is 34.8 Å². The van der Waals surface area contributed by atoms with Crippen LogP contribution in [0.25, 0.3) is 0 Å². The normalized spacial score (nSPS) is 14.7. The fraction of sp³-hybridized carbons (Fsp3) is 0.350. The molecule has 14 heteroatoms. The maximum atomic E-state index is 12.3. The molecular weight excluding hydrogens is 474 g/mol. The fourth-order valence-corrected chi connectivity index (χ4v) is 3.09. The Morgan fingerprint density at radius 2 is 1.97 bits per heavy atom. The van der Waals surface area contributed by atoms with Crippen molar-refractivity contribution in [1.29, 1.82) is 0 Å². The van der Waals surface area contributed by atoms with Gasteiger partial charge in [0.05, 0.1) is 6.04 Å². The van der Waals surface area contributed by atoms with E-state index in [1.165, 1.54) is 47.9 Å². The van der Waals surface area contributed by atoms with E-state index in [4.69, 9.17) is 10.8 Å². The summed E-state index contributed by atoms with van der Waals surface area (Å²) in [5.74, 6) is -2.95. The first-order valence-corrected chi connectivity index (χ1v) is 12.6. The molecule has 3 rings (SSSR count). The van der Waals surface area contributed by atoms with E-state index >= 15 is 0 Å². The van der Waals surface area contributed by atoms with Crippen LogP contribution < -0.4 is 37.7 Å². The number of amides is 1. The van der Waals surface area contributed by atoms with Gasteiger partial charge in [-0.2, -0.15) is 4.98 Å². The standard InChI is InChI=1S/C19H23N7O6.CH3.Ca/c20-19-25-15-14(17(30)26-19)23-11(8-22-15)7-21-10-3-1-9(2-4-10)16(29)24-12(18(31)32)5-6-13(27)28;;/h1-4,11-12,21,23H,5-8H2,(H,24,29)(H,27,28)(H,31,32)(H4,20,22,25,26,30);1H3;/q;;+1/p-1. The number of nitrogens with one attached hydrogen (secondary N) is 5. The SMILES string of the molecule is Nc1nc2c(c(=O)[nH]1)NC(CNc1ccc(C(=O)NC(CCC(=O)[O-])C(=O)O)cc1)CN2.[CH3][Ca+]. The molecule has 0 aliphatic carbocycles. The van der Waals surface area contributed by atoms with E-state index in [2.05, 4.69) is 34.3 Å². The first-order chi connectivity index (χ1) is 16.2. The van der Waals surface area contributed by atoms with Crippen molar-refractivity contribution in [3.8, 4) is 0 Å². The van der Waals surface area contributed by atoms with Crippen LogP contribution in [0.1, 0.15) is 23.2 Å². The second kappa shape index (κ2) is 13.0. The Bertz CT molecular complexity index is 1080. The number of rotatable bonds is 9. The number of nitrogens with zero attached hydrogens (tertiary/aromatic N) is 1. The zero-order valence-electron chi connectivity index (χ0n) is 18.5. The van der Waals surface area contributed by atoms with E-state index in [1.807, 2.05) is 0 Å². The van der Waals surface area contributed by atoms with Gasteiger partial charge in [0.25, 0.3) is 11.5 Å². The van der Waals surface area contributed by atoms with Crippen molar-refractivity contribution < 1.29 is 24.6 Å². The molecule has 1 aliphatic rings. The van der Waals surface area contributed by atoms with Gasteiger partial charge in [-0.1, -0.05) is 0 Å². The van der Waals surface area contributed by atoms with Crippen LogP contribution in [0.4, 0.5) is 23.1 Å². The number of hydrogen-bond acceptors (Lipinski definition) is 10. The number of carbonyl (C=O) groups excluding carboxylic acids is 2. The van der Waals surface area contributed by atoms with Crippen molar-refractivity contribution in [2.24, 2.45) is 0 Å². The monoisotopic (exact) mass is 499 g/mol. The molecule has 8 N–H and O–H groups in total. The summed E-state index contributed by atoms with van der Waals surface area (Å²) < 4.78 is 2.12. The van der Waals surface area contributed by atoms with Gasteiger partial charge in [-0.15, -0.1) is 0 Å². The molecule has 0 spiro atoms. The van der Waals surface area contributed by atoms with Gasteiger partial charge >= 0.3 is 44.8 Å². The average molecular weight is 500 g/mol. The molecule has 13 nitrogen and oxygen atoms in total. The summed E-state index contributed by atoms with van der Waals surface area (Å²) in [4.78, 5) is 52.4. The number of carboxylic acid groups (broad SMARTS) is 2. The quantitative estimate of drug-likeness (QED) is 0.199. The van der Waals surface area contributed by atoms with Gasteiger partial charge in [-0.3, -0.25) is 14.6 Å². The Morgan fingerprint density at radius 1 is 1.29 bits per heavy atom. The first-order valence-electron chi connectivity index (χ1n) is 10.4. The molecule has 0 bridgehead atoms. The van der Waals surface area contributed by atoms with Crippen LogP contribution >= 0.6 is 0 Å². The Hall–Kier alpha value is -3.03. The summed E-state index contributed by atoms with van der Waals surface area (Å²) in [7, 11) is 0. The van der Waals surface area contributed by atoms with Gasteiger partial charge in [-0.25, -0.2) is 4.79 Å². The molecule has 1 amide bonds. The van der Waals surface area contributed by atoms with Gasteiger partial charge in [0.1, 0.15) is 11.7 Å². The molecule has 2 aromatic rings. The van der Waals surface area contributed by atoms with E-state index in [0.29, 0.717) is 30.3 Å². The van der Waals surface area contributed by atoms with Crippen LogP contribution in [0, 0.1) is 0 Å². The number of nitrogen functional groups attached to an aromatic ring is 1. The Balaban J connectivity index is 0.00000199. The summed E-state index contributed by atoms with van der Waals surface area (Å²) in [6, 6.07) is 4.84. The van der Waals surface area contributed by atoms with Crippen LogP contribution in [0.2, 0.25) is 3.02 Å². The number of anilines is 4. The fourth-order valence-electron chi connectivity index (χ4n) is 3.09. The summed E-state index contributed by atoms with van der Waals surface area (Å²) >= 11 is 1.38.